The number of aryl methyl sites for hydroxylation is 1. The Morgan fingerprint density at radius 2 is 2.12 bits per heavy atom. The van der Waals surface area contributed by atoms with Gasteiger partial charge in [0.25, 0.3) is 0 Å². The molecule has 0 bridgehead atoms. The van der Waals surface area contributed by atoms with E-state index in [0.717, 1.165) is 16.9 Å². The van der Waals surface area contributed by atoms with Crippen molar-refractivity contribution in [1.82, 2.24) is 0 Å². The van der Waals surface area contributed by atoms with E-state index in [0.29, 0.717) is 12.0 Å². The lowest BCUT2D eigenvalue weighted by atomic mass is 9.80. The summed E-state index contributed by atoms with van der Waals surface area (Å²) in [5, 5.41) is 9.63. The number of carbonyl (C=O) groups is 1. The smallest absolute Gasteiger partial charge is 0.191 e. The van der Waals surface area contributed by atoms with E-state index >= 15 is 0 Å². The first kappa shape index (κ1) is 11.1. The molecule has 0 unspecified atom stereocenters. The van der Waals surface area contributed by atoms with Crippen molar-refractivity contribution in [3.63, 3.8) is 0 Å². The van der Waals surface area contributed by atoms with Crippen molar-refractivity contribution < 1.29 is 14.6 Å². The van der Waals surface area contributed by atoms with Crippen LogP contribution in [0.3, 0.4) is 0 Å². The lowest BCUT2D eigenvalue weighted by molar-refractivity contribution is 0.0694. The largest absolute Gasteiger partial charge is 0.496 e. The molecule has 86 valence electrons. The Morgan fingerprint density at radius 3 is 2.75 bits per heavy atom. The monoisotopic (exact) mass is 220 g/mol. The molecule has 0 amide bonds. The average molecular weight is 220 g/mol. The lowest BCUT2D eigenvalue weighted by Crippen LogP contribution is -2.29. The fourth-order valence-corrected chi connectivity index (χ4v) is 2.29. The molecular weight excluding hydrogens is 204 g/mol. The van der Waals surface area contributed by atoms with Crippen LogP contribution >= 0.6 is 0 Å². The number of ether oxygens (including phenoxy) is 1. The first-order chi connectivity index (χ1) is 7.54. The fraction of sp³-hybridized carbons (Fsp3) is 0.462. The van der Waals surface area contributed by atoms with Gasteiger partial charge in [-0.1, -0.05) is 6.92 Å². The number of benzene rings is 1. The highest BCUT2D eigenvalue weighted by Gasteiger charge is 2.30. The highest BCUT2D eigenvalue weighted by atomic mass is 16.5. The van der Waals surface area contributed by atoms with Gasteiger partial charge in [-0.2, -0.15) is 0 Å². The van der Waals surface area contributed by atoms with E-state index in [9.17, 15) is 9.90 Å². The van der Waals surface area contributed by atoms with Crippen molar-refractivity contribution in [2.24, 2.45) is 0 Å². The van der Waals surface area contributed by atoms with Gasteiger partial charge in [-0.25, -0.2) is 0 Å². The predicted molar refractivity (Wildman–Crippen MR) is 61.1 cm³/mol. The van der Waals surface area contributed by atoms with Crippen LogP contribution in [0.1, 0.15) is 40.7 Å². The molecule has 3 heteroatoms. The molecule has 1 aliphatic carbocycles. The molecule has 2 rings (SSSR count). The molecule has 0 saturated heterocycles. The minimum atomic E-state index is -0.852. The number of fused-ring (bicyclic) bond motifs is 1. The van der Waals surface area contributed by atoms with Gasteiger partial charge in [-0.15, -0.1) is 0 Å². The van der Waals surface area contributed by atoms with Crippen LogP contribution in [0.5, 0.6) is 5.75 Å². The number of ketones is 1. The number of aliphatic hydroxyl groups is 1. The summed E-state index contributed by atoms with van der Waals surface area (Å²) in [6.45, 7) is 3.92. The van der Waals surface area contributed by atoms with Crippen molar-refractivity contribution >= 4 is 5.78 Å². The summed E-state index contributed by atoms with van der Waals surface area (Å²) in [5.41, 5.74) is 2.55. The quantitative estimate of drug-likeness (QED) is 0.788. The minimum Gasteiger partial charge on any atom is -0.496 e. The molecule has 0 aliphatic heterocycles. The molecule has 0 heterocycles. The van der Waals surface area contributed by atoms with Gasteiger partial charge in [0.15, 0.2) is 5.78 Å². The van der Waals surface area contributed by atoms with Gasteiger partial charge in [0.2, 0.25) is 0 Å². The number of hydrogen-bond acceptors (Lipinski definition) is 3. The third-order valence-corrected chi connectivity index (χ3v) is 3.24. The maximum absolute atomic E-state index is 11.8. The van der Waals surface area contributed by atoms with Gasteiger partial charge in [0.1, 0.15) is 11.9 Å². The zero-order valence-electron chi connectivity index (χ0n) is 9.78. The van der Waals surface area contributed by atoms with E-state index in [4.69, 9.17) is 4.74 Å². The van der Waals surface area contributed by atoms with Crippen LogP contribution in [0.15, 0.2) is 12.1 Å². The maximum atomic E-state index is 11.8. The Labute approximate surface area is 95.0 Å². The van der Waals surface area contributed by atoms with Crippen LogP contribution in [0, 0.1) is 6.92 Å². The van der Waals surface area contributed by atoms with Gasteiger partial charge in [0, 0.05) is 5.56 Å². The Bertz CT molecular complexity index is 437. The van der Waals surface area contributed by atoms with Gasteiger partial charge in [0.05, 0.1) is 7.11 Å². The lowest BCUT2D eigenvalue weighted by Gasteiger charge is -2.26. The highest BCUT2D eigenvalue weighted by molar-refractivity contribution is 6.02. The van der Waals surface area contributed by atoms with Crippen LogP contribution in [0.4, 0.5) is 0 Å². The Kier molecular flexibility index (Phi) is 2.72. The number of rotatable bonds is 1. The highest BCUT2D eigenvalue weighted by Crippen LogP contribution is 2.35. The van der Waals surface area contributed by atoms with Crippen molar-refractivity contribution in [2.75, 3.05) is 7.11 Å². The van der Waals surface area contributed by atoms with E-state index in [1.807, 2.05) is 26.0 Å². The minimum absolute atomic E-state index is 0.168. The summed E-state index contributed by atoms with van der Waals surface area (Å²) in [6, 6.07) is 3.73. The van der Waals surface area contributed by atoms with Crippen LogP contribution in [0.25, 0.3) is 0 Å². The average Bonchev–Trinajstić information content (AvgIpc) is 2.25. The standard InChI is InChI=1S/C13H16O3/c1-7-5-11(14)13(15)10-4-8(2)12(16-3)6-9(7)10/h4,6-7,11,14H,5H2,1-3H3/t7-,11+/m1/s1. The van der Waals surface area contributed by atoms with Gasteiger partial charge in [-0.3, -0.25) is 4.79 Å². The van der Waals surface area contributed by atoms with Crippen LogP contribution in [-0.4, -0.2) is 24.1 Å². The van der Waals surface area contributed by atoms with Crippen LogP contribution in [0.2, 0.25) is 0 Å². The second-order valence-corrected chi connectivity index (χ2v) is 4.43. The number of methoxy groups -OCH3 is 1. The topological polar surface area (TPSA) is 46.5 Å². The van der Waals surface area contributed by atoms with Crippen molar-refractivity contribution in [2.45, 2.75) is 32.3 Å². The van der Waals surface area contributed by atoms with Gasteiger partial charge < -0.3 is 9.84 Å². The molecule has 1 aromatic rings. The van der Waals surface area contributed by atoms with Crippen molar-refractivity contribution in [3.05, 3.63) is 28.8 Å². The second-order valence-electron chi connectivity index (χ2n) is 4.43. The molecule has 2 atom stereocenters. The molecule has 0 saturated carbocycles. The summed E-state index contributed by atoms with van der Waals surface area (Å²) in [5.74, 6) is 0.825. The third kappa shape index (κ3) is 1.61. The predicted octanol–water partition coefficient (Wildman–Crippen LogP) is 2.05. The second kappa shape index (κ2) is 3.91. The molecule has 1 aromatic carbocycles. The molecule has 0 fully saturated rings. The molecule has 16 heavy (non-hydrogen) atoms. The van der Waals surface area contributed by atoms with E-state index < -0.39 is 6.10 Å². The molecule has 0 aromatic heterocycles. The number of carbonyl (C=O) groups excluding carboxylic acids is 1. The summed E-state index contributed by atoms with van der Waals surface area (Å²) < 4.78 is 5.25. The van der Waals surface area contributed by atoms with E-state index in [1.165, 1.54) is 0 Å². The summed E-state index contributed by atoms with van der Waals surface area (Å²) in [6.07, 6.45) is -0.354. The van der Waals surface area contributed by atoms with E-state index in [1.54, 1.807) is 7.11 Å². The van der Waals surface area contributed by atoms with Crippen molar-refractivity contribution in [3.8, 4) is 5.75 Å². The zero-order valence-corrected chi connectivity index (χ0v) is 9.78. The normalized spacial score (nSPS) is 24.1. The van der Waals surface area contributed by atoms with Crippen LogP contribution < -0.4 is 4.74 Å². The summed E-state index contributed by atoms with van der Waals surface area (Å²) in [4.78, 5) is 11.8. The Balaban J connectivity index is 2.58. The van der Waals surface area contributed by atoms with Gasteiger partial charge in [-0.05, 0) is 42.5 Å². The zero-order chi connectivity index (χ0) is 11.9. The molecular formula is C13H16O3. The van der Waals surface area contributed by atoms with Crippen molar-refractivity contribution in [1.29, 1.82) is 0 Å². The summed E-state index contributed by atoms with van der Waals surface area (Å²) >= 11 is 0. The molecule has 3 nitrogen and oxygen atoms in total. The molecule has 1 N–H and O–H groups in total. The van der Waals surface area contributed by atoms with Gasteiger partial charge >= 0.3 is 0 Å². The Morgan fingerprint density at radius 1 is 1.44 bits per heavy atom. The number of aliphatic hydroxyl groups excluding tert-OH is 1. The van der Waals surface area contributed by atoms with E-state index in [-0.39, 0.29) is 11.7 Å². The first-order valence-corrected chi connectivity index (χ1v) is 5.45. The SMILES string of the molecule is COc1cc2c(cc1C)C(=O)[C@@H](O)C[C@H]2C. The van der Waals surface area contributed by atoms with E-state index in [2.05, 4.69) is 0 Å². The first-order valence-electron chi connectivity index (χ1n) is 5.45. The summed E-state index contributed by atoms with van der Waals surface area (Å²) in [7, 11) is 1.62. The number of hydrogen-bond donors (Lipinski definition) is 1. The molecule has 1 aliphatic rings. The Hall–Kier alpha value is -1.35. The van der Waals surface area contributed by atoms with Crippen LogP contribution in [-0.2, 0) is 0 Å². The molecule has 0 radical (unpaired) electrons. The fourth-order valence-electron chi connectivity index (χ4n) is 2.29. The number of Topliss-reactive ketones (excluding diaryl/α,β-unsaturated/α-hetero) is 1. The molecule has 0 spiro atoms. The maximum Gasteiger partial charge on any atom is 0.191 e. The third-order valence-electron chi connectivity index (χ3n) is 3.24.